The lowest BCUT2D eigenvalue weighted by Crippen LogP contribution is -2.53. The molecule has 7 nitrogen and oxygen atoms in total. The molecule has 4 aliphatic carbocycles. The zero-order valence-electron chi connectivity index (χ0n) is 20.9. The third-order valence-corrected chi connectivity index (χ3v) is 9.88. The fourth-order valence-corrected chi connectivity index (χ4v) is 8.03. The minimum atomic E-state index is -0.0171. The Morgan fingerprint density at radius 1 is 1.15 bits per heavy atom. The second-order valence-electron chi connectivity index (χ2n) is 12.0. The number of nitrogens with zero attached hydrogens (tertiary/aromatic N) is 5. The second-order valence-corrected chi connectivity index (χ2v) is 12.0. The lowest BCUT2D eigenvalue weighted by molar-refractivity contribution is -0.137. The molecule has 1 heterocycles. The molecule has 0 N–H and O–H groups in total. The highest BCUT2D eigenvalue weighted by Gasteiger charge is 2.60. The van der Waals surface area contributed by atoms with Gasteiger partial charge in [-0.15, -0.1) is 5.10 Å². The molecular weight excluding hydrogens is 414 g/mol. The van der Waals surface area contributed by atoms with Crippen molar-refractivity contribution in [1.82, 2.24) is 19.9 Å². The van der Waals surface area contributed by atoms with Crippen LogP contribution in [0.25, 0.3) is 0 Å². The highest BCUT2D eigenvalue weighted by molar-refractivity contribution is 5.87. The predicted octanol–water partition coefficient (Wildman–Crippen LogP) is 4.32. The third kappa shape index (κ3) is 4.15. The van der Waals surface area contributed by atoms with Crippen molar-refractivity contribution in [1.29, 1.82) is 0 Å². The average molecular weight is 456 g/mol. The first-order valence-electron chi connectivity index (χ1n) is 13.0. The molecule has 0 spiro atoms. The van der Waals surface area contributed by atoms with E-state index in [2.05, 4.69) is 34.2 Å². The minimum Gasteiger partial charge on any atom is -0.394 e. The number of hydrogen-bond acceptors (Lipinski definition) is 6. The van der Waals surface area contributed by atoms with E-state index in [-0.39, 0.29) is 5.41 Å². The SMILES string of the molecule is CN(C)Cc1cn(CCO/N=C2/CC[C@@]3(C)C(CCC4C3CC[C@]3(C)C(=O)CCC43)C2)nn1. The zero-order chi connectivity index (χ0) is 23.2. The highest BCUT2D eigenvalue weighted by Crippen LogP contribution is 2.65. The van der Waals surface area contributed by atoms with Gasteiger partial charge in [0.05, 0.1) is 18.0 Å². The smallest absolute Gasteiger partial charge is 0.139 e. The van der Waals surface area contributed by atoms with Crippen molar-refractivity contribution in [3.05, 3.63) is 11.9 Å². The molecule has 4 fully saturated rings. The van der Waals surface area contributed by atoms with Gasteiger partial charge in [-0.25, -0.2) is 4.68 Å². The van der Waals surface area contributed by atoms with E-state index < -0.39 is 0 Å². The van der Waals surface area contributed by atoms with Gasteiger partial charge in [0.25, 0.3) is 0 Å². The maximum absolute atomic E-state index is 12.6. The quantitative estimate of drug-likeness (QED) is 0.472. The predicted molar refractivity (Wildman–Crippen MR) is 128 cm³/mol. The molecule has 4 aliphatic rings. The molecule has 7 heteroatoms. The van der Waals surface area contributed by atoms with Crippen LogP contribution >= 0.6 is 0 Å². The van der Waals surface area contributed by atoms with Gasteiger partial charge in [-0.05, 0) is 94.5 Å². The van der Waals surface area contributed by atoms with E-state index in [0.29, 0.717) is 36.2 Å². The summed E-state index contributed by atoms with van der Waals surface area (Å²) in [6, 6.07) is 0. The first-order valence-corrected chi connectivity index (χ1v) is 13.0. The van der Waals surface area contributed by atoms with Gasteiger partial charge in [0.2, 0.25) is 0 Å². The highest BCUT2D eigenvalue weighted by atomic mass is 16.6. The summed E-state index contributed by atoms with van der Waals surface area (Å²) in [5.41, 5.74) is 2.59. The Morgan fingerprint density at radius 2 is 2.00 bits per heavy atom. The van der Waals surface area contributed by atoms with Crippen molar-refractivity contribution in [2.24, 2.45) is 39.7 Å². The van der Waals surface area contributed by atoms with Crippen LogP contribution in [0.3, 0.4) is 0 Å². The Labute approximate surface area is 198 Å². The molecule has 0 aromatic carbocycles. The van der Waals surface area contributed by atoms with E-state index >= 15 is 0 Å². The fourth-order valence-electron chi connectivity index (χ4n) is 8.03. The second kappa shape index (κ2) is 8.79. The number of hydrogen-bond donors (Lipinski definition) is 0. The number of Topliss-reactive ketones (excluding diaryl/α,β-unsaturated/α-hetero) is 1. The minimum absolute atomic E-state index is 0.0171. The molecule has 0 saturated heterocycles. The molecule has 4 unspecified atom stereocenters. The van der Waals surface area contributed by atoms with Crippen LogP contribution < -0.4 is 0 Å². The Bertz CT molecular complexity index is 910. The lowest BCUT2D eigenvalue weighted by atomic mass is 9.45. The molecule has 1 aromatic heterocycles. The molecule has 0 bridgehead atoms. The first kappa shape index (κ1) is 23.0. The number of rotatable bonds is 6. The van der Waals surface area contributed by atoms with Crippen LogP contribution in [0.1, 0.15) is 77.3 Å². The molecule has 0 aliphatic heterocycles. The van der Waals surface area contributed by atoms with Crippen molar-refractivity contribution in [3.8, 4) is 0 Å². The molecule has 5 rings (SSSR count). The van der Waals surface area contributed by atoms with Gasteiger partial charge in [-0.1, -0.05) is 24.2 Å². The number of carbonyl (C=O) groups is 1. The summed E-state index contributed by atoms with van der Waals surface area (Å²) < 4.78 is 1.84. The van der Waals surface area contributed by atoms with Gasteiger partial charge in [-0.3, -0.25) is 4.79 Å². The first-order chi connectivity index (χ1) is 15.8. The number of aromatic nitrogens is 3. The molecule has 6 atom stereocenters. The van der Waals surface area contributed by atoms with Gasteiger partial charge in [0.1, 0.15) is 12.4 Å². The standard InChI is InChI=1S/C26H41N5O2/c1-25-11-9-19(28-33-14-13-31-17-20(27-29-31)16-30(3)4)15-18(25)5-6-21-22-7-8-24(32)26(22,2)12-10-23(21)25/h17-18,21-23H,5-16H2,1-4H3/b28-19-/t18?,21?,22?,23?,25-,26-/m0/s1. The number of oxime groups is 1. The lowest BCUT2D eigenvalue weighted by Gasteiger charge is -2.59. The normalized spacial score (nSPS) is 39.4. The van der Waals surface area contributed by atoms with Crippen LogP contribution in [0.15, 0.2) is 11.4 Å². The van der Waals surface area contributed by atoms with Crippen molar-refractivity contribution < 1.29 is 9.63 Å². The summed E-state index contributed by atoms with van der Waals surface area (Å²) >= 11 is 0. The molecule has 1 aromatic rings. The van der Waals surface area contributed by atoms with Crippen molar-refractivity contribution in [2.75, 3.05) is 20.7 Å². The average Bonchev–Trinajstić information content (AvgIpc) is 3.34. The van der Waals surface area contributed by atoms with E-state index in [1.54, 1.807) is 0 Å². The zero-order valence-corrected chi connectivity index (χ0v) is 20.9. The van der Waals surface area contributed by atoms with Crippen LogP contribution in [-0.4, -0.2) is 52.1 Å². The maximum atomic E-state index is 12.6. The van der Waals surface area contributed by atoms with Crippen molar-refractivity contribution >= 4 is 11.5 Å². The summed E-state index contributed by atoms with van der Waals surface area (Å²) in [6.07, 6.45) is 12.2. The Hall–Kier alpha value is -1.76. The van der Waals surface area contributed by atoms with Crippen molar-refractivity contribution in [2.45, 2.75) is 84.7 Å². The van der Waals surface area contributed by atoms with Gasteiger partial charge >= 0.3 is 0 Å². The fraction of sp³-hybridized carbons (Fsp3) is 0.846. The summed E-state index contributed by atoms with van der Waals surface area (Å²) in [5, 5.41) is 12.9. The van der Waals surface area contributed by atoms with E-state index in [1.807, 2.05) is 25.0 Å². The molecule has 0 amide bonds. The van der Waals surface area contributed by atoms with Crippen LogP contribution in [-0.2, 0) is 22.7 Å². The third-order valence-electron chi connectivity index (χ3n) is 9.88. The summed E-state index contributed by atoms with van der Waals surface area (Å²) in [5.74, 6) is 3.43. The van der Waals surface area contributed by atoms with Gasteiger partial charge in [0, 0.05) is 24.6 Å². The summed E-state index contributed by atoms with van der Waals surface area (Å²) in [7, 11) is 4.06. The van der Waals surface area contributed by atoms with E-state index in [1.165, 1.54) is 31.4 Å². The monoisotopic (exact) mass is 455 g/mol. The Balaban J connectivity index is 1.16. The molecule has 0 radical (unpaired) electrons. The summed E-state index contributed by atoms with van der Waals surface area (Å²) in [4.78, 5) is 20.4. The van der Waals surface area contributed by atoms with Gasteiger partial charge in [-0.2, -0.15) is 0 Å². The molecular formula is C26H41N5O2. The maximum Gasteiger partial charge on any atom is 0.139 e. The van der Waals surface area contributed by atoms with Crippen LogP contribution in [0.5, 0.6) is 0 Å². The summed E-state index contributed by atoms with van der Waals surface area (Å²) in [6.45, 7) is 6.82. The number of carbonyl (C=O) groups excluding carboxylic acids is 1. The van der Waals surface area contributed by atoms with Crippen molar-refractivity contribution in [3.63, 3.8) is 0 Å². The van der Waals surface area contributed by atoms with Crippen LogP contribution in [0.2, 0.25) is 0 Å². The molecule has 33 heavy (non-hydrogen) atoms. The largest absolute Gasteiger partial charge is 0.394 e. The van der Waals surface area contributed by atoms with Crippen LogP contribution in [0.4, 0.5) is 0 Å². The Kier molecular flexibility index (Phi) is 6.13. The van der Waals surface area contributed by atoms with Crippen LogP contribution in [0, 0.1) is 34.5 Å². The molecule has 182 valence electrons. The van der Waals surface area contributed by atoms with Gasteiger partial charge < -0.3 is 9.74 Å². The molecule has 4 saturated carbocycles. The van der Waals surface area contributed by atoms with Gasteiger partial charge in [0.15, 0.2) is 0 Å². The topological polar surface area (TPSA) is 72.6 Å². The number of ketones is 1. The van der Waals surface area contributed by atoms with E-state index in [0.717, 1.165) is 56.2 Å². The van der Waals surface area contributed by atoms with E-state index in [4.69, 9.17) is 4.84 Å². The number of fused-ring (bicyclic) bond motifs is 5. The Morgan fingerprint density at radius 3 is 2.82 bits per heavy atom. The van der Waals surface area contributed by atoms with E-state index in [9.17, 15) is 4.79 Å².